The van der Waals surface area contributed by atoms with Crippen LogP contribution in [0.2, 0.25) is 5.02 Å². The van der Waals surface area contributed by atoms with Gasteiger partial charge in [-0.3, -0.25) is 9.10 Å². The molecule has 0 atom stereocenters. The zero-order valence-corrected chi connectivity index (χ0v) is 19.2. The molecule has 1 aromatic heterocycles. The molecular formula is C23H20ClN5O3S. The van der Waals surface area contributed by atoms with Crippen LogP contribution in [-0.4, -0.2) is 35.6 Å². The molecule has 0 saturated heterocycles. The number of nitrogens with zero attached hydrogens (tertiary/aromatic N) is 4. The fraction of sp³-hybridized carbons (Fsp3) is 0.0870. The average Bonchev–Trinajstić information content (AvgIpc) is 3.35. The van der Waals surface area contributed by atoms with Crippen molar-refractivity contribution in [3.8, 4) is 5.69 Å². The van der Waals surface area contributed by atoms with E-state index in [4.69, 9.17) is 11.6 Å². The minimum atomic E-state index is -3.78. The van der Waals surface area contributed by atoms with Gasteiger partial charge in [-0.25, -0.2) is 18.1 Å². The molecule has 10 heteroatoms. The predicted molar refractivity (Wildman–Crippen MR) is 127 cm³/mol. The van der Waals surface area contributed by atoms with Gasteiger partial charge >= 0.3 is 0 Å². The third-order valence-corrected chi connectivity index (χ3v) is 7.06. The van der Waals surface area contributed by atoms with Crippen LogP contribution in [0, 0.1) is 0 Å². The second-order valence-electron chi connectivity index (χ2n) is 6.99. The molecule has 1 N–H and O–H groups in total. The smallest absolute Gasteiger partial charge is 0.264 e. The number of hydrogen-bond donors (Lipinski definition) is 1. The zero-order chi connectivity index (χ0) is 23.4. The van der Waals surface area contributed by atoms with Crippen molar-refractivity contribution in [2.75, 3.05) is 16.2 Å². The highest BCUT2D eigenvalue weighted by molar-refractivity contribution is 7.92. The van der Waals surface area contributed by atoms with E-state index in [1.807, 2.05) is 6.07 Å². The third-order valence-electron chi connectivity index (χ3n) is 4.91. The van der Waals surface area contributed by atoms with E-state index in [1.54, 1.807) is 49.4 Å². The van der Waals surface area contributed by atoms with Crippen LogP contribution >= 0.6 is 11.6 Å². The van der Waals surface area contributed by atoms with E-state index in [9.17, 15) is 13.2 Å². The van der Waals surface area contributed by atoms with Crippen LogP contribution in [0.4, 0.5) is 11.4 Å². The minimum absolute atomic E-state index is 0.0933. The highest BCUT2D eigenvalue weighted by Gasteiger charge is 2.24. The molecule has 33 heavy (non-hydrogen) atoms. The maximum atomic E-state index is 13.1. The van der Waals surface area contributed by atoms with Crippen LogP contribution < -0.4 is 9.62 Å². The summed E-state index contributed by atoms with van der Waals surface area (Å²) in [5.41, 5.74) is 1.89. The molecule has 0 spiro atoms. The molecule has 0 unspecified atom stereocenters. The van der Waals surface area contributed by atoms with Crippen LogP contribution in [0.1, 0.15) is 17.3 Å². The summed E-state index contributed by atoms with van der Waals surface area (Å²) in [4.78, 5) is 16.9. The first-order chi connectivity index (χ1) is 15.9. The molecule has 0 bridgehead atoms. The van der Waals surface area contributed by atoms with Crippen molar-refractivity contribution >= 4 is 38.9 Å². The predicted octanol–water partition coefficient (Wildman–Crippen LogP) is 4.39. The van der Waals surface area contributed by atoms with Crippen LogP contribution in [0.3, 0.4) is 0 Å². The maximum Gasteiger partial charge on any atom is 0.264 e. The fourth-order valence-electron chi connectivity index (χ4n) is 3.33. The minimum Gasteiger partial charge on any atom is -0.320 e. The first kappa shape index (κ1) is 22.5. The Labute approximate surface area is 196 Å². The van der Waals surface area contributed by atoms with Crippen LogP contribution in [0.25, 0.3) is 5.69 Å². The Kier molecular flexibility index (Phi) is 6.43. The first-order valence-electron chi connectivity index (χ1n) is 10.0. The lowest BCUT2D eigenvalue weighted by molar-refractivity contribution is 0.102. The van der Waals surface area contributed by atoms with Gasteiger partial charge in [-0.05, 0) is 61.5 Å². The monoisotopic (exact) mass is 481 g/mol. The largest absolute Gasteiger partial charge is 0.320 e. The molecule has 4 aromatic rings. The zero-order valence-electron chi connectivity index (χ0n) is 17.6. The molecule has 0 aliphatic rings. The summed E-state index contributed by atoms with van der Waals surface area (Å²) in [5, 5.41) is 7.33. The molecule has 0 aliphatic carbocycles. The Bertz CT molecular complexity index is 1360. The molecule has 3 aromatic carbocycles. The number of aromatic nitrogens is 3. The van der Waals surface area contributed by atoms with E-state index < -0.39 is 15.9 Å². The Hall–Kier alpha value is -3.69. The van der Waals surface area contributed by atoms with E-state index in [0.717, 1.165) is 0 Å². The molecule has 0 radical (unpaired) electrons. The number of benzene rings is 3. The van der Waals surface area contributed by atoms with Crippen molar-refractivity contribution in [3.05, 3.63) is 96.0 Å². The summed E-state index contributed by atoms with van der Waals surface area (Å²) in [7, 11) is -3.78. The van der Waals surface area contributed by atoms with Gasteiger partial charge in [0.2, 0.25) is 0 Å². The van der Waals surface area contributed by atoms with Crippen molar-refractivity contribution in [1.29, 1.82) is 0 Å². The van der Waals surface area contributed by atoms with Gasteiger partial charge in [0.25, 0.3) is 15.9 Å². The summed E-state index contributed by atoms with van der Waals surface area (Å²) in [6, 6.07) is 19.7. The summed E-state index contributed by atoms with van der Waals surface area (Å²) in [6.45, 7) is 2.04. The highest BCUT2D eigenvalue weighted by atomic mass is 35.5. The molecule has 0 aliphatic heterocycles. The number of carbonyl (C=O) groups excluding carboxylic acids is 1. The summed E-state index contributed by atoms with van der Waals surface area (Å²) >= 11 is 6.10. The van der Waals surface area contributed by atoms with Crippen LogP contribution in [0.15, 0.2) is 90.3 Å². The van der Waals surface area contributed by atoms with Gasteiger partial charge in [0.15, 0.2) is 0 Å². The molecule has 8 nitrogen and oxygen atoms in total. The van der Waals surface area contributed by atoms with Crippen molar-refractivity contribution in [3.63, 3.8) is 0 Å². The number of hydrogen-bond acceptors (Lipinski definition) is 5. The lowest BCUT2D eigenvalue weighted by atomic mass is 10.2. The number of rotatable bonds is 7. The van der Waals surface area contributed by atoms with Gasteiger partial charge in [-0.2, -0.15) is 5.10 Å². The molecule has 0 fully saturated rings. The number of halogens is 1. The van der Waals surface area contributed by atoms with Gasteiger partial charge in [0.05, 0.1) is 22.0 Å². The lowest BCUT2D eigenvalue weighted by Crippen LogP contribution is -2.30. The molecule has 0 saturated carbocycles. The number of nitrogens with one attached hydrogen (secondary N) is 1. The molecule has 168 valence electrons. The van der Waals surface area contributed by atoms with E-state index in [-0.39, 0.29) is 11.4 Å². The fourth-order valence-corrected chi connectivity index (χ4v) is 4.97. The molecule has 1 heterocycles. The number of carbonyl (C=O) groups is 1. The standard InChI is InChI=1S/C23H20ClN5O3S/c1-2-29(19-6-4-3-5-7-19)33(31,32)20-11-8-17(9-12-20)23(30)27-21-14-18(24)10-13-22(21)28-16-25-15-26-28/h3-16H,2H2,1H3,(H,27,30). The van der Waals surface area contributed by atoms with Crippen molar-refractivity contribution in [1.82, 2.24) is 14.8 Å². The Balaban J connectivity index is 1.58. The van der Waals surface area contributed by atoms with Crippen LogP contribution in [0.5, 0.6) is 0 Å². The number of anilines is 2. The average molecular weight is 482 g/mol. The van der Waals surface area contributed by atoms with E-state index in [0.29, 0.717) is 27.6 Å². The SMILES string of the molecule is CCN(c1ccccc1)S(=O)(=O)c1ccc(C(=O)Nc2cc(Cl)ccc2-n2cncn2)cc1. The van der Waals surface area contributed by atoms with Crippen molar-refractivity contribution in [2.45, 2.75) is 11.8 Å². The van der Waals surface area contributed by atoms with Gasteiger partial charge < -0.3 is 5.32 Å². The second kappa shape index (κ2) is 9.43. The van der Waals surface area contributed by atoms with Crippen molar-refractivity contribution < 1.29 is 13.2 Å². The lowest BCUT2D eigenvalue weighted by Gasteiger charge is -2.23. The summed E-state index contributed by atoms with van der Waals surface area (Å²) in [5.74, 6) is -0.419. The summed E-state index contributed by atoms with van der Waals surface area (Å²) < 4.78 is 29.1. The second-order valence-corrected chi connectivity index (χ2v) is 9.28. The highest BCUT2D eigenvalue weighted by Crippen LogP contribution is 2.26. The first-order valence-corrected chi connectivity index (χ1v) is 11.9. The molecular weight excluding hydrogens is 462 g/mol. The van der Waals surface area contributed by atoms with E-state index >= 15 is 0 Å². The van der Waals surface area contributed by atoms with Gasteiger partial charge in [0.1, 0.15) is 12.7 Å². The molecule has 1 amide bonds. The van der Waals surface area contributed by atoms with E-state index in [1.165, 1.54) is 45.9 Å². The van der Waals surface area contributed by atoms with Gasteiger partial charge in [-0.15, -0.1) is 0 Å². The van der Waals surface area contributed by atoms with Crippen molar-refractivity contribution in [2.24, 2.45) is 0 Å². The topological polar surface area (TPSA) is 97.2 Å². The number of para-hydroxylation sites is 1. The number of sulfonamides is 1. The Morgan fingerprint density at radius 2 is 1.79 bits per heavy atom. The Morgan fingerprint density at radius 1 is 1.06 bits per heavy atom. The van der Waals surface area contributed by atoms with Gasteiger partial charge in [0, 0.05) is 17.1 Å². The van der Waals surface area contributed by atoms with Crippen LogP contribution in [-0.2, 0) is 10.0 Å². The van der Waals surface area contributed by atoms with E-state index in [2.05, 4.69) is 15.4 Å². The number of amides is 1. The van der Waals surface area contributed by atoms with Gasteiger partial charge in [-0.1, -0.05) is 29.8 Å². The third kappa shape index (κ3) is 4.74. The molecule has 4 rings (SSSR count). The summed E-state index contributed by atoms with van der Waals surface area (Å²) in [6.07, 6.45) is 2.89. The maximum absolute atomic E-state index is 13.1. The normalized spacial score (nSPS) is 11.2. The Morgan fingerprint density at radius 3 is 2.42 bits per heavy atom. The quantitative estimate of drug-likeness (QED) is 0.422.